The van der Waals surface area contributed by atoms with E-state index in [1.807, 2.05) is 42.5 Å². The number of benzene rings is 2. The van der Waals surface area contributed by atoms with Crippen LogP contribution in [0.25, 0.3) is 0 Å². The van der Waals surface area contributed by atoms with Crippen LogP contribution in [-0.2, 0) is 0 Å². The van der Waals surface area contributed by atoms with Gasteiger partial charge in [0.1, 0.15) is 11.9 Å². The summed E-state index contributed by atoms with van der Waals surface area (Å²) in [5.74, 6) is 0.804. The smallest absolute Gasteiger partial charge is 0.133 e. The van der Waals surface area contributed by atoms with Gasteiger partial charge >= 0.3 is 0 Å². The van der Waals surface area contributed by atoms with E-state index >= 15 is 0 Å². The zero-order valence-electron chi connectivity index (χ0n) is 11.1. The topological polar surface area (TPSA) is 29.5 Å². The van der Waals surface area contributed by atoms with E-state index in [0.29, 0.717) is 6.61 Å². The molecule has 0 bridgehead atoms. The Morgan fingerprint density at radius 3 is 2.30 bits per heavy atom. The Labute approximate surface area is 136 Å². The second-order valence-electron chi connectivity index (χ2n) is 4.49. The molecule has 1 atom stereocenters. The van der Waals surface area contributed by atoms with Crippen LogP contribution >= 0.6 is 31.9 Å². The number of aliphatic hydroxyl groups excluding tert-OH is 1. The highest BCUT2D eigenvalue weighted by Crippen LogP contribution is 2.31. The lowest BCUT2D eigenvalue weighted by Gasteiger charge is -2.14. The molecule has 106 valence electrons. The third-order valence-corrected chi connectivity index (χ3v) is 4.07. The van der Waals surface area contributed by atoms with E-state index in [0.717, 1.165) is 32.2 Å². The summed E-state index contributed by atoms with van der Waals surface area (Å²) in [6, 6.07) is 13.3. The predicted molar refractivity (Wildman–Crippen MR) is 88.1 cm³/mol. The number of hydrogen-bond acceptors (Lipinski definition) is 2. The maximum atomic E-state index is 10.4. The fraction of sp³-hybridized carbons (Fsp3) is 0.250. The molecule has 4 heteroatoms. The van der Waals surface area contributed by atoms with Gasteiger partial charge in [-0.2, -0.15) is 0 Å². The van der Waals surface area contributed by atoms with Crippen molar-refractivity contribution in [1.82, 2.24) is 0 Å². The molecule has 0 fully saturated rings. The van der Waals surface area contributed by atoms with Crippen LogP contribution in [0.15, 0.2) is 51.4 Å². The van der Waals surface area contributed by atoms with Gasteiger partial charge in [-0.3, -0.25) is 0 Å². The van der Waals surface area contributed by atoms with Crippen LogP contribution in [0.2, 0.25) is 0 Å². The Morgan fingerprint density at radius 2 is 1.70 bits per heavy atom. The van der Waals surface area contributed by atoms with Crippen molar-refractivity contribution in [3.8, 4) is 5.75 Å². The normalized spacial score (nSPS) is 12.2. The summed E-state index contributed by atoms with van der Waals surface area (Å²) < 4.78 is 7.47. The van der Waals surface area contributed by atoms with E-state index in [1.54, 1.807) is 0 Å². The van der Waals surface area contributed by atoms with Gasteiger partial charge in [0.2, 0.25) is 0 Å². The van der Waals surface area contributed by atoms with Gasteiger partial charge in [0, 0.05) is 4.47 Å². The molecule has 2 rings (SSSR count). The van der Waals surface area contributed by atoms with Gasteiger partial charge < -0.3 is 9.84 Å². The minimum absolute atomic E-state index is 0.639. The SMILES string of the molecule is CCCOc1ccc(C(O)c2ccc(Br)cc2)cc1Br. The van der Waals surface area contributed by atoms with Crippen LogP contribution in [-0.4, -0.2) is 11.7 Å². The molecule has 0 spiro atoms. The molecule has 2 aromatic carbocycles. The molecule has 1 N–H and O–H groups in total. The predicted octanol–water partition coefficient (Wildman–Crippen LogP) is 5.08. The maximum absolute atomic E-state index is 10.4. The minimum atomic E-state index is -0.639. The van der Waals surface area contributed by atoms with Gasteiger partial charge in [-0.15, -0.1) is 0 Å². The summed E-state index contributed by atoms with van der Waals surface area (Å²) in [6.07, 6.45) is 0.329. The van der Waals surface area contributed by atoms with E-state index in [2.05, 4.69) is 38.8 Å². The summed E-state index contributed by atoms with van der Waals surface area (Å²) in [6.45, 7) is 2.76. The first-order valence-electron chi connectivity index (χ1n) is 6.47. The Morgan fingerprint density at radius 1 is 1.05 bits per heavy atom. The minimum Gasteiger partial charge on any atom is -0.492 e. The van der Waals surface area contributed by atoms with Crippen molar-refractivity contribution in [3.63, 3.8) is 0 Å². The van der Waals surface area contributed by atoms with E-state index < -0.39 is 6.10 Å². The highest BCUT2D eigenvalue weighted by atomic mass is 79.9. The molecule has 2 aromatic rings. The lowest BCUT2D eigenvalue weighted by Crippen LogP contribution is -2.01. The second-order valence-corrected chi connectivity index (χ2v) is 6.26. The number of hydrogen-bond donors (Lipinski definition) is 1. The summed E-state index contributed by atoms with van der Waals surface area (Å²) in [4.78, 5) is 0. The quantitative estimate of drug-likeness (QED) is 0.759. The molecule has 20 heavy (non-hydrogen) atoms. The van der Waals surface area contributed by atoms with Crippen molar-refractivity contribution in [1.29, 1.82) is 0 Å². The molecular formula is C16H16Br2O2. The van der Waals surface area contributed by atoms with Crippen molar-refractivity contribution in [2.45, 2.75) is 19.4 Å². The molecule has 0 saturated heterocycles. The van der Waals surface area contributed by atoms with Gasteiger partial charge in [0.25, 0.3) is 0 Å². The van der Waals surface area contributed by atoms with Gasteiger partial charge in [-0.05, 0) is 57.7 Å². The van der Waals surface area contributed by atoms with Crippen LogP contribution in [0.5, 0.6) is 5.75 Å². The highest BCUT2D eigenvalue weighted by molar-refractivity contribution is 9.10. The molecule has 1 unspecified atom stereocenters. The van der Waals surface area contributed by atoms with Gasteiger partial charge in [-0.25, -0.2) is 0 Å². The third kappa shape index (κ3) is 3.84. The third-order valence-electron chi connectivity index (χ3n) is 2.92. The first kappa shape index (κ1) is 15.5. The summed E-state index contributed by atoms with van der Waals surface area (Å²) in [7, 11) is 0. The van der Waals surface area contributed by atoms with Gasteiger partial charge in [0.05, 0.1) is 11.1 Å². The molecule has 0 amide bonds. The Hall–Kier alpha value is -0.840. The Kier molecular flexibility index (Phi) is 5.64. The number of rotatable bonds is 5. The van der Waals surface area contributed by atoms with Crippen molar-refractivity contribution < 1.29 is 9.84 Å². The highest BCUT2D eigenvalue weighted by Gasteiger charge is 2.12. The van der Waals surface area contributed by atoms with Gasteiger partial charge in [-0.1, -0.05) is 41.1 Å². The zero-order chi connectivity index (χ0) is 14.5. The first-order valence-corrected chi connectivity index (χ1v) is 8.06. The van der Waals surface area contributed by atoms with E-state index in [1.165, 1.54) is 0 Å². The zero-order valence-corrected chi connectivity index (χ0v) is 14.3. The van der Waals surface area contributed by atoms with E-state index in [9.17, 15) is 5.11 Å². The van der Waals surface area contributed by atoms with Crippen molar-refractivity contribution in [2.24, 2.45) is 0 Å². The molecule has 0 aliphatic heterocycles. The van der Waals surface area contributed by atoms with Crippen LogP contribution in [0.4, 0.5) is 0 Å². The average Bonchev–Trinajstić information content (AvgIpc) is 2.46. The van der Waals surface area contributed by atoms with Crippen molar-refractivity contribution in [3.05, 3.63) is 62.5 Å². The Bertz CT molecular complexity index is 567. The number of aliphatic hydroxyl groups is 1. The molecule has 0 aliphatic rings. The number of ether oxygens (including phenoxy) is 1. The fourth-order valence-electron chi connectivity index (χ4n) is 1.85. The average molecular weight is 400 g/mol. The largest absolute Gasteiger partial charge is 0.492 e. The van der Waals surface area contributed by atoms with Crippen LogP contribution in [0.3, 0.4) is 0 Å². The summed E-state index contributed by atoms with van der Waals surface area (Å²) in [5, 5.41) is 10.4. The molecule has 0 heterocycles. The number of halogens is 2. The second kappa shape index (κ2) is 7.25. The molecule has 0 aromatic heterocycles. The van der Waals surface area contributed by atoms with Crippen LogP contribution in [0.1, 0.15) is 30.6 Å². The standard InChI is InChI=1S/C16H16Br2O2/c1-2-9-20-15-8-5-12(10-14(15)18)16(19)11-3-6-13(17)7-4-11/h3-8,10,16,19H,2,9H2,1H3. The molecule has 0 saturated carbocycles. The van der Waals surface area contributed by atoms with Gasteiger partial charge in [0.15, 0.2) is 0 Å². The Balaban J connectivity index is 2.20. The van der Waals surface area contributed by atoms with Crippen molar-refractivity contribution >= 4 is 31.9 Å². The van der Waals surface area contributed by atoms with Crippen LogP contribution < -0.4 is 4.74 Å². The monoisotopic (exact) mass is 398 g/mol. The molecule has 2 nitrogen and oxygen atoms in total. The summed E-state index contributed by atoms with van der Waals surface area (Å²) >= 11 is 6.88. The first-order chi connectivity index (χ1) is 9.61. The van der Waals surface area contributed by atoms with E-state index in [-0.39, 0.29) is 0 Å². The molecule has 0 radical (unpaired) electrons. The lowest BCUT2D eigenvalue weighted by atomic mass is 10.0. The lowest BCUT2D eigenvalue weighted by molar-refractivity contribution is 0.220. The van der Waals surface area contributed by atoms with Crippen LogP contribution in [0, 0.1) is 0 Å². The summed E-state index contributed by atoms with van der Waals surface area (Å²) in [5.41, 5.74) is 1.70. The van der Waals surface area contributed by atoms with Crippen molar-refractivity contribution in [2.75, 3.05) is 6.61 Å². The molecule has 0 aliphatic carbocycles. The fourth-order valence-corrected chi connectivity index (χ4v) is 2.63. The van der Waals surface area contributed by atoms with E-state index in [4.69, 9.17) is 4.74 Å². The maximum Gasteiger partial charge on any atom is 0.133 e. The molecular weight excluding hydrogens is 384 g/mol.